The minimum atomic E-state index is -0.328. The van der Waals surface area contributed by atoms with E-state index in [-0.39, 0.29) is 25.0 Å². The Bertz CT molecular complexity index is 1030. The number of piperazine rings is 1. The Kier molecular flexibility index (Phi) is 5.73. The van der Waals surface area contributed by atoms with Gasteiger partial charge in [-0.2, -0.15) is 5.10 Å². The molecule has 1 N–H and O–H groups in total. The highest BCUT2D eigenvalue weighted by molar-refractivity contribution is 5.87. The van der Waals surface area contributed by atoms with Crippen molar-refractivity contribution < 1.29 is 14.3 Å². The quantitative estimate of drug-likeness (QED) is 0.620. The first-order chi connectivity index (χ1) is 14.6. The summed E-state index contributed by atoms with van der Waals surface area (Å²) in [4.78, 5) is 36.9. The molecule has 156 valence electrons. The molecule has 3 aromatic rings. The predicted octanol–water partition coefficient (Wildman–Crippen LogP) is 0.207. The van der Waals surface area contributed by atoms with Crippen molar-refractivity contribution in [3.8, 4) is 5.75 Å². The second kappa shape index (κ2) is 8.76. The van der Waals surface area contributed by atoms with Gasteiger partial charge in [0.1, 0.15) is 17.9 Å². The summed E-state index contributed by atoms with van der Waals surface area (Å²) in [5, 5.41) is 7.76. The van der Waals surface area contributed by atoms with E-state index < -0.39 is 0 Å². The molecule has 0 spiro atoms. The van der Waals surface area contributed by atoms with E-state index >= 15 is 0 Å². The van der Waals surface area contributed by atoms with Crippen LogP contribution < -0.4 is 15.0 Å². The fraction of sp³-hybridized carbons (Fsp3) is 0.350. The molecular weight excluding hydrogens is 386 g/mol. The third kappa shape index (κ3) is 4.32. The maximum Gasteiger partial charge on any atom is 0.258 e. The van der Waals surface area contributed by atoms with Crippen LogP contribution in [0, 0.1) is 0 Å². The Hall–Kier alpha value is -3.69. The normalized spacial score (nSPS) is 14.0. The van der Waals surface area contributed by atoms with Gasteiger partial charge in [-0.1, -0.05) is 18.2 Å². The lowest BCUT2D eigenvalue weighted by Gasteiger charge is -2.35. The van der Waals surface area contributed by atoms with Crippen molar-refractivity contribution >= 4 is 28.7 Å². The van der Waals surface area contributed by atoms with Gasteiger partial charge in [-0.05, 0) is 12.1 Å². The van der Waals surface area contributed by atoms with Crippen LogP contribution in [0.2, 0.25) is 0 Å². The predicted molar refractivity (Wildman–Crippen MR) is 110 cm³/mol. The number of aromatic nitrogens is 4. The van der Waals surface area contributed by atoms with Gasteiger partial charge in [0.15, 0.2) is 12.3 Å². The lowest BCUT2D eigenvalue weighted by Crippen LogP contribution is -2.51. The smallest absolute Gasteiger partial charge is 0.258 e. The lowest BCUT2D eigenvalue weighted by atomic mass is 10.2. The topological polar surface area (TPSA) is 105 Å². The summed E-state index contributed by atoms with van der Waals surface area (Å²) in [5.74, 6) is 0.997. The number of benzene rings is 1. The molecule has 1 fully saturated rings. The van der Waals surface area contributed by atoms with Crippen molar-refractivity contribution in [2.45, 2.75) is 0 Å². The van der Waals surface area contributed by atoms with Crippen LogP contribution in [0.15, 0.2) is 42.9 Å². The first kappa shape index (κ1) is 19.6. The largest absolute Gasteiger partial charge is 0.484 e. The van der Waals surface area contributed by atoms with E-state index in [2.05, 4.69) is 25.3 Å². The molecule has 1 aliphatic heterocycles. The van der Waals surface area contributed by atoms with Gasteiger partial charge in [-0.3, -0.25) is 14.3 Å². The molecule has 2 amide bonds. The van der Waals surface area contributed by atoms with Crippen molar-refractivity contribution in [3.63, 3.8) is 0 Å². The lowest BCUT2D eigenvalue weighted by molar-refractivity contribution is -0.133. The summed E-state index contributed by atoms with van der Waals surface area (Å²) >= 11 is 0. The maximum absolute atomic E-state index is 12.4. The average molecular weight is 409 g/mol. The Morgan fingerprint density at radius 3 is 2.63 bits per heavy atom. The molecular formula is C20H23N7O3. The van der Waals surface area contributed by atoms with Crippen molar-refractivity contribution in [1.29, 1.82) is 0 Å². The van der Waals surface area contributed by atoms with Crippen LogP contribution in [0.25, 0.3) is 11.0 Å². The molecule has 2 aromatic heterocycles. The van der Waals surface area contributed by atoms with Gasteiger partial charge in [0.05, 0.1) is 18.1 Å². The van der Waals surface area contributed by atoms with E-state index in [4.69, 9.17) is 4.74 Å². The van der Waals surface area contributed by atoms with Crippen molar-refractivity contribution in [3.05, 3.63) is 42.9 Å². The van der Waals surface area contributed by atoms with E-state index in [1.165, 1.54) is 6.33 Å². The Balaban J connectivity index is 1.24. The molecule has 1 aliphatic rings. The highest BCUT2D eigenvalue weighted by atomic mass is 16.5. The SMILES string of the molecule is Cn1ncc2c(N3CCN(C(=O)CNC(=O)COc4ccccc4)CC3)ncnc21. The van der Waals surface area contributed by atoms with E-state index in [0.717, 1.165) is 16.9 Å². The van der Waals surface area contributed by atoms with E-state index in [0.29, 0.717) is 31.9 Å². The number of nitrogens with one attached hydrogen (secondary N) is 1. The molecule has 30 heavy (non-hydrogen) atoms. The number of anilines is 1. The Morgan fingerprint density at radius 1 is 1.10 bits per heavy atom. The number of amides is 2. The highest BCUT2D eigenvalue weighted by Crippen LogP contribution is 2.23. The van der Waals surface area contributed by atoms with Crippen LogP contribution in [0.4, 0.5) is 5.82 Å². The Morgan fingerprint density at radius 2 is 1.87 bits per heavy atom. The highest BCUT2D eigenvalue weighted by Gasteiger charge is 2.24. The van der Waals surface area contributed by atoms with Gasteiger partial charge < -0.3 is 19.9 Å². The monoisotopic (exact) mass is 409 g/mol. The summed E-state index contributed by atoms with van der Waals surface area (Å²) in [5.41, 5.74) is 0.777. The van der Waals surface area contributed by atoms with Crippen LogP contribution >= 0.6 is 0 Å². The fourth-order valence-corrected chi connectivity index (χ4v) is 3.37. The minimum Gasteiger partial charge on any atom is -0.484 e. The zero-order chi connectivity index (χ0) is 20.9. The summed E-state index contributed by atoms with van der Waals surface area (Å²) in [6, 6.07) is 9.08. The number of hydrogen-bond donors (Lipinski definition) is 1. The van der Waals surface area contributed by atoms with Crippen LogP contribution in [0.3, 0.4) is 0 Å². The number of nitrogens with zero attached hydrogens (tertiary/aromatic N) is 6. The molecule has 10 nitrogen and oxygen atoms in total. The van der Waals surface area contributed by atoms with Crippen molar-refractivity contribution in [1.82, 2.24) is 30.0 Å². The zero-order valence-electron chi connectivity index (χ0n) is 16.7. The molecule has 0 saturated carbocycles. The number of fused-ring (bicyclic) bond motifs is 1. The first-order valence-corrected chi connectivity index (χ1v) is 9.72. The van der Waals surface area contributed by atoms with E-state index in [1.807, 2.05) is 25.2 Å². The molecule has 1 aromatic carbocycles. The van der Waals surface area contributed by atoms with E-state index in [1.54, 1.807) is 27.9 Å². The standard InChI is InChI=1S/C20H23N7O3/c1-25-19-16(11-24-25)20(23-14-22-19)27-9-7-26(8-10-27)18(29)12-21-17(28)13-30-15-5-3-2-4-6-15/h2-6,11,14H,7-10,12-13H2,1H3,(H,21,28). The molecule has 0 aliphatic carbocycles. The maximum atomic E-state index is 12.4. The van der Waals surface area contributed by atoms with Gasteiger partial charge >= 0.3 is 0 Å². The average Bonchev–Trinajstić information content (AvgIpc) is 3.18. The number of rotatable bonds is 6. The van der Waals surface area contributed by atoms with Crippen LogP contribution in [-0.4, -0.2) is 75.8 Å². The van der Waals surface area contributed by atoms with Gasteiger partial charge in [-0.15, -0.1) is 0 Å². The van der Waals surface area contributed by atoms with Gasteiger partial charge in [0, 0.05) is 33.2 Å². The number of ether oxygens (including phenoxy) is 1. The van der Waals surface area contributed by atoms with Crippen molar-refractivity contribution in [2.24, 2.45) is 7.05 Å². The molecule has 0 atom stereocenters. The van der Waals surface area contributed by atoms with Gasteiger partial charge in [0.25, 0.3) is 5.91 Å². The number of carbonyl (C=O) groups is 2. The fourth-order valence-electron chi connectivity index (χ4n) is 3.37. The summed E-state index contributed by atoms with van der Waals surface area (Å²) in [6.07, 6.45) is 3.29. The second-order valence-electron chi connectivity index (χ2n) is 6.95. The molecule has 3 heterocycles. The van der Waals surface area contributed by atoms with E-state index in [9.17, 15) is 9.59 Å². The second-order valence-corrected chi connectivity index (χ2v) is 6.95. The molecule has 0 unspecified atom stereocenters. The van der Waals surface area contributed by atoms with Crippen molar-refractivity contribution in [2.75, 3.05) is 44.2 Å². The van der Waals surface area contributed by atoms with Crippen LogP contribution in [-0.2, 0) is 16.6 Å². The zero-order valence-corrected chi connectivity index (χ0v) is 16.7. The molecule has 0 radical (unpaired) electrons. The molecule has 4 rings (SSSR count). The molecule has 10 heteroatoms. The third-order valence-corrected chi connectivity index (χ3v) is 4.99. The summed E-state index contributed by atoms with van der Waals surface area (Å²) in [6.45, 7) is 2.24. The minimum absolute atomic E-state index is 0.0443. The Labute approximate surface area is 173 Å². The number of hydrogen-bond acceptors (Lipinski definition) is 7. The molecule has 1 saturated heterocycles. The van der Waals surface area contributed by atoms with Gasteiger partial charge in [-0.25, -0.2) is 9.97 Å². The third-order valence-electron chi connectivity index (χ3n) is 4.99. The first-order valence-electron chi connectivity index (χ1n) is 9.72. The number of para-hydroxylation sites is 1. The number of carbonyl (C=O) groups excluding carboxylic acids is 2. The van der Waals surface area contributed by atoms with Crippen LogP contribution in [0.1, 0.15) is 0 Å². The van der Waals surface area contributed by atoms with Crippen LogP contribution in [0.5, 0.6) is 5.75 Å². The summed E-state index contributed by atoms with van der Waals surface area (Å²) in [7, 11) is 1.84. The number of aryl methyl sites for hydroxylation is 1. The summed E-state index contributed by atoms with van der Waals surface area (Å²) < 4.78 is 7.10. The van der Waals surface area contributed by atoms with Gasteiger partial charge in [0.2, 0.25) is 5.91 Å². The molecule has 0 bridgehead atoms.